The summed E-state index contributed by atoms with van der Waals surface area (Å²) >= 11 is 0. The molecule has 0 unspecified atom stereocenters. The van der Waals surface area contributed by atoms with Crippen molar-refractivity contribution in [2.75, 3.05) is 0 Å². The van der Waals surface area contributed by atoms with Gasteiger partial charge >= 0.3 is 0 Å². The van der Waals surface area contributed by atoms with Crippen LogP contribution in [0, 0.1) is 13.8 Å². The molecule has 1 heterocycles. The van der Waals surface area contributed by atoms with Gasteiger partial charge in [0.1, 0.15) is 5.52 Å². The minimum absolute atomic E-state index is 0.0632. The SMILES string of the molecule is Cc1cc2[nH]cnc2c(C(=O)N(C(C)C)C(C)C)c1C. The van der Waals surface area contributed by atoms with Crippen LogP contribution < -0.4 is 0 Å². The number of carbonyl (C=O) groups is 1. The third-order valence-electron chi connectivity index (χ3n) is 3.79. The predicted molar refractivity (Wildman–Crippen MR) is 82.0 cm³/mol. The molecule has 20 heavy (non-hydrogen) atoms. The highest BCUT2D eigenvalue weighted by atomic mass is 16.2. The molecule has 1 N–H and O–H groups in total. The summed E-state index contributed by atoms with van der Waals surface area (Å²) in [5.74, 6) is 0.0632. The normalized spacial score (nSPS) is 11.6. The summed E-state index contributed by atoms with van der Waals surface area (Å²) in [5, 5.41) is 0. The number of aromatic nitrogens is 2. The van der Waals surface area contributed by atoms with E-state index in [4.69, 9.17) is 0 Å². The molecule has 0 spiro atoms. The first-order chi connectivity index (χ1) is 9.34. The lowest BCUT2D eigenvalue weighted by Crippen LogP contribution is -2.42. The van der Waals surface area contributed by atoms with Crippen molar-refractivity contribution in [3.8, 4) is 0 Å². The number of hydrogen-bond donors (Lipinski definition) is 1. The molecule has 0 saturated heterocycles. The van der Waals surface area contributed by atoms with Crippen LogP contribution in [0.2, 0.25) is 0 Å². The van der Waals surface area contributed by atoms with Crippen molar-refractivity contribution in [3.05, 3.63) is 29.1 Å². The Kier molecular flexibility index (Phi) is 3.84. The molecule has 1 aromatic carbocycles. The number of amides is 1. The average molecular weight is 273 g/mol. The highest BCUT2D eigenvalue weighted by Gasteiger charge is 2.26. The first kappa shape index (κ1) is 14.6. The molecular formula is C16H23N3O. The van der Waals surface area contributed by atoms with Gasteiger partial charge in [-0.1, -0.05) is 0 Å². The highest BCUT2D eigenvalue weighted by molar-refractivity contribution is 6.06. The van der Waals surface area contributed by atoms with Gasteiger partial charge in [-0.3, -0.25) is 4.79 Å². The fraction of sp³-hybridized carbons (Fsp3) is 0.500. The Bertz CT molecular complexity index is 632. The van der Waals surface area contributed by atoms with Crippen LogP contribution in [-0.4, -0.2) is 32.9 Å². The predicted octanol–water partition coefficient (Wildman–Crippen LogP) is 3.44. The number of aryl methyl sites for hydroxylation is 1. The Labute approximate surface area is 120 Å². The van der Waals surface area contributed by atoms with Gasteiger partial charge in [-0.15, -0.1) is 0 Å². The first-order valence-corrected chi connectivity index (χ1v) is 7.10. The van der Waals surface area contributed by atoms with E-state index in [0.717, 1.165) is 27.7 Å². The summed E-state index contributed by atoms with van der Waals surface area (Å²) in [6.07, 6.45) is 1.65. The number of nitrogens with zero attached hydrogens (tertiary/aromatic N) is 2. The maximum atomic E-state index is 13.0. The van der Waals surface area contributed by atoms with E-state index < -0.39 is 0 Å². The summed E-state index contributed by atoms with van der Waals surface area (Å²) in [4.78, 5) is 22.3. The molecular weight excluding hydrogens is 250 g/mol. The number of imidazole rings is 1. The Morgan fingerprint density at radius 1 is 1.20 bits per heavy atom. The van der Waals surface area contributed by atoms with Crippen LogP contribution in [0.4, 0.5) is 0 Å². The lowest BCUT2D eigenvalue weighted by molar-refractivity contribution is 0.0645. The number of H-pyrrole nitrogens is 1. The molecule has 1 amide bonds. The molecule has 0 aliphatic rings. The van der Waals surface area contributed by atoms with E-state index in [-0.39, 0.29) is 18.0 Å². The van der Waals surface area contributed by atoms with Gasteiger partial charge in [0.2, 0.25) is 0 Å². The molecule has 0 saturated carbocycles. The molecule has 0 atom stereocenters. The van der Waals surface area contributed by atoms with Gasteiger partial charge in [0.25, 0.3) is 5.91 Å². The quantitative estimate of drug-likeness (QED) is 0.931. The van der Waals surface area contributed by atoms with Crippen LogP contribution in [0.3, 0.4) is 0 Å². The van der Waals surface area contributed by atoms with Gasteiger partial charge in [0.05, 0.1) is 17.4 Å². The Balaban J connectivity index is 2.64. The molecule has 4 nitrogen and oxygen atoms in total. The number of rotatable bonds is 3. The van der Waals surface area contributed by atoms with Crippen molar-refractivity contribution in [1.29, 1.82) is 0 Å². The molecule has 0 bridgehead atoms. The van der Waals surface area contributed by atoms with Crippen molar-refractivity contribution < 1.29 is 4.79 Å². The summed E-state index contributed by atoms with van der Waals surface area (Å²) in [6.45, 7) is 12.2. The van der Waals surface area contributed by atoms with Crippen molar-refractivity contribution in [1.82, 2.24) is 14.9 Å². The number of fused-ring (bicyclic) bond motifs is 1. The van der Waals surface area contributed by atoms with Crippen LogP contribution in [0.1, 0.15) is 49.2 Å². The number of aromatic amines is 1. The van der Waals surface area contributed by atoms with E-state index in [1.165, 1.54) is 0 Å². The summed E-state index contributed by atoms with van der Waals surface area (Å²) in [7, 11) is 0. The van der Waals surface area contributed by atoms with E-state index in [9.17, 15) is 4.79 Å². The third-order valence-corrected chi connectivity index (χ3v) is 3.79. The van der Waals surface area contributed by atoms with Gasteiger partial charge in [0.15, 0.2) is 0 Å². The van der Waals surface area contributed by atoms with E-state index in [0.29, 0.717) is 0 Å². The number of benzene rings is 1. The minimum atomic E-state index is 0.0632. The zero-order valence-electron chi connectivity index (χ0n) is 13.1. The highest BCUT2D eigenvalue weighted by Crippen LogP contribution is 2.25. The Hall–Kier alpha value is -1.84. The van der Waals surface area contributed by atoms with Gasteiger partial charge in [-0.05, 0) is 58.7 Å². The first-order valence-electron chi connectivity index (χ1n) is 7.10. The van der Waals surface area contributed by atoms with Crippen LogP contribution in [0.15, 0.2) is 12.4 Å². The standard InChI is InChI=1S/C16H23N3O/c1-9(2)19(10(3)4)16(20)14-12(6)11(5)7-13-15(14)18-8-17-13/h7-10H,1-6H3,(H,17,18). The molecule has 0 aliphatic heterocycles. The zero-order valence-corrected chi connectivity index (χ0v) is 13.1. The largest absolute Gasteiger partial charge is 0.345 e. The number of carbonyl (C=O) groups excluding carboxylic acids is 1. The van der Waals surface area contributed by atoms with Crippen LogP contribution in [-0.2, 0) is 0 Å². The van der Waals surface area contributed by atoms with Crippen LogP contribution in [0.5, 0.6) is 0 Å². The van der Waals surface area contributed by atoms with Crippen molar-refractivity contribution in [3.63, 3.8) is 0 Å². The average Bonchev–Trinajstić information content (AvgIpc) is 2.76. The summed E-state index contributed by atoms with van der Waals surface area (Å²) in [5.41, 5.74) is 4.54. The fourth-order valence-corrected chi connectivity index (χ4v) is 2.77. The maximum Gasteiger partial charge on any atom is 0.256 e. The molecule has 108 valence electrons. The topological polar surface area (TPSA) is 49.0 Å². The molecule has 4 heteroatoms. The Morgan fingerprint density at radius 3 is 2.35 bits per heavy atom. The third kappa shape index (κ3) is 2.30. The second kappa shape index (κ2) is 5.27. The van der Waals surface area contributed by atoms with E-state index in [2.05, 4.69) is 9.97 Å². The molecule has 2 aromatic rings. The molecule has 2 rings (SSSR count). The van der Waals surface area contributed by atoms with E-state index >= 15 is 0 Å². The summed E-state index contributed by atoms with van der Waals surface area (Å²) in [6, 6.07) is 2.37. The van der Waals surface area contributed by atoms with Gasteiger partial charge in [0, 0.05) is 12.1 Å². The van der Waals surface area contributed by atoms with E-state index in [1.54, 1.807) is 6.33 Å². The van der Waals surface area contributed by atoms with Crippen molar-refractivity contribution in [2.45, 2.75) is 53.6 Å². The molecule has 0 radical (unpaired) electrons. The van der Waals surface area contributed by atoms with Crippen molar-refractivity contribution in [2.24, 2.45) is 0 Å². The van der Waals surface area contributed by atoms with Gasteiger partial charge in [-0.25, -0.2) is 4.98 Å². The lowest BCUT2D eigenvalue weighted by atomic mass is 9.99. The smallest absolute Gasteiger partial charge is 0.256 e. The Morgan fingerprint density at radius 2 is 1.80 bits per heavy atom. The lowest BCUT2D eigenvalue weighted by Gasteiger charge is -2.31. The molecule has 0 aliphatic carbocycles. The zero-order chi connectivity index (χ0) is 15.0. The van der Waals surface area contributed by atoms with Gasteiger partial charge in [-0.2, -0.15) is 0 Å². The second-order valence-corrected chi connectivity index (χ2v) is 5.89. The number of hydrogen-bond acceptors (Lipinski definition) is 2. The van der Waals surface area contributed by atoms with E-state index in [1.807, 2.05) is 52.5 Å². The fourth-order valence-electron chi connectivity index (χ4n) is 2.77. The van der Waals surface area contributed by atoms with Crippen molar-refractivity contribution >= 4 is 16.9 Å². The van der Waals surface area contributed by atoms with Crippen LogP contribution >= 0.6 is 0 Å². The monoisotopic (exact) mass is 273 g/mol. The number of nitrogens with one attached hydrogen (secondary N) is 1. The maximum absolute atomic E-state index is 13.0. The van der Waals surface area contributed by atoms with Crippen LogP contribution in [0.25, 0.3) is 11.0 Å². The molecule has 0 fully saturated rings. The van der Waals surface area contributed by atoms with Gasteiger partial charge < -0.3 is 9.88 Å². The second-order valence-electron chi connectivity index (χ2n) is 5.89. The minimum Gasteiger partial charge on any atom is -0.345 e. The molecule has 1 aromatic heterocycles. The summed E-state index contributed by atoms with van der Waals surface area (Å²) < 4.78 is 0.